The molecule has 1 aliphatic heterocycles. The van der Waals surface area contributed by atoms with Gasteiger partial charge in [0.25, 0.3) is 0 Å². The molecule has 0 bridgehead atoms. The van der Waals surface area contributed by atoms with Crippen molar-refractivity contribution in [3.63, 3.8) is 0 Å². The second-order valence-corrected chi connectivity index (χ2v) is 5.93. The van der Waals surface area contributed by atoms with Crippen molar-refractivity contribution in [1.29, 1.82) is 0 Å². The lowest BCUT2D eigenvalue weighted by Gasteiger charge is -2.01. The van der Waals surface area contributed by atoms with Crippen LogP contribution in [0.25, 0.3) is 0 Å². The van der Waals surface area contributed by atoms with Gasteiger partial charge in [0, 0.05) is 6.26 Å². The van der Waals surface area contributed by atoms with Crippen molar-refractivity contribution in [3.05, 3.63) is 0 Å². The van der Waals surface area contributed by atoms with Crippen LogP contribution in [-0.2, 0) is 9.84 Å². The van der Waals surface area contributed by atoms with Gasteiger partial charge in [0.1, 0.15) is 9.84 Å². The van der Waals surface area contributed by atoms with Gasteiger partial charge in [0.2, 0.25) is 0 Å². The summed E-state index contributed by atoms with van der Waals surface area (Å²) >= 11 is 0. The van der Waals surface area contributed by atoms with Gasteiger partial charge in [-0.25, -0.2) is 8.42 Å². The molecular weight excluding hydrogens is 162 g/mol. The first-order valence-corrected chi connectivity index (χ1v) is 6.02. The van der Waals surface area contributed by atoms with E-state index in [9.17, 15) is 8.42 Å². The smallest absolute Gasteiger partial charge is 0.147 e. The highest BCUT2D eigenvalue weighted by atomic mass is 32.2. The third-order valence-electron chi connectivity index (χ3n) is 2.76. The highest BCUT2D eigenvalue weighted by Gasteiger charge is 2.53. The van der Waals surface area contributed by atoms with E-state index in [0.29, 0.717) is 23.5 Å². The maximum absolute atomic E-state index is 10.9. The zero-order chi connectivity index (χ0) is 8.06. The summed E-state index contributed by atoms with van der Waals surface area (Å²) in [5, 5.41) is 3.24. The summed E-state index contributed by atoms with van der Waals surface area (Å²) < 4.78 is 21.8. The number of hydrogen-bond donors (Lipinski definition) is 1. The third kappa shape index (κ3) is 1.42. The molecule has 0 amide bonds. The van der Waals surface area contributed by atoms with E-state index in [-0.39, 0.29) is 0 Å². The van der Waals surface area contributed by atoms with E-state index in [0.717, 1.165) is 13.1 Å². The average molecular weight is 175 g/mol. The molecule has 0 aromatic heterocycles. The van der Waals surface area contributed by atoms with Gasteiger partial charge in [-0.1, -0.05) is 0 Å². The van der Waals surface area contributed by atoms with Crippen LogP contribution in [-0.4, -0.2) is 33.5 Å². The minimum Gasteiger partial charge on any atom is -0.316 e. The highest BCUT2D eigenvalue weighted by Crippen LogP contribution is 2.49. The topological polar surface area (TPSA) is 46.2 Å². The van der Waals surface area contributed by atoms with Crippen molar-refractivity contribution < 1.29 is 8.42 Å². The van der Waals surface area contributed by atoms with Crippen molar-refractivity contribution >= 4 is 9.84 Å². The zero-order valence-corrected chi connectivity index (χ0v) is 7.39. The summed E-state index contributed by atoms with van der Waals surface area (Å²) in [6.45, 7) is 2.07. The molecule has 2 rings (SSSR count). The molecule has 2 fully saturated rings. The largest absolute Gasteiger partial charge is 0.316 e. The first-order chi connectivity index (χ1) is 5.08. The third-order valence-corrected chi connectivity index (χ3v) is 3.75. The summed E-state index contributed by atoms with van der Waals surface area (Å²) in [6, 6.07) is 0. The zero-order valence-electron chi connectivity index (χ0n) is 6.58. The van der Waals surface area contributed by atoms with Gasteiger partial charge in [0.15, 0.2) is 0 Å². The number of fused-ring (bicyclic) bond motifs is 1. The second kappa shape index (κ2) is 2.20. The summed E-state index contributed by atoms with van der Waals surface area (Å²) in [5.41, 5.74) is 0. The Hall–Kier alpha value is -0.0900. The van der Waals surface area contributed by atoms with Crippen LogP contribution in [0.1, 0.15) is 0 Å². The molecule has 0 radical (unpaired) electrons. The van der Waals surface area contributed by atoms with Gasteiger partial charge < -0.3 is 5.32 Å². The van der Waals surface area contributed by atoms with Crippen LogP contribution < -0.4 is 5.32 Å². The molecule has 2 aliphatic rings. The van der Waals surface area contributed by atoms with E-state index in [2.05, 4.69) is 5.32 Å². The van der Waals surface area contributed by atoms with Crippen molar-refractivity contribution in [2.24, 2.45) is 17.8 Å². The Morgan fingerprint density at radius 2 is 1.91 bits per heavy atom. The van der Waals surface area contributed by atoms with Gasteiger partial charge in [-0.3, -0.25) is 0 Å². The van der Waals surface area contributed by atoms with E-state index in [1.807, 2.05) is 0 Å². The molecule has 1 saturated heterocycles. The fraction of sp³-hybridized carbons (Fsp3) is 1.00. The lowest BCUT2D eigenvalue weighted by Crippen LogP contribution is -2.18. The van der Waals surface area contributed by atoms with Crippen LogP contribution in [0.4, 0.5) is 0 Å². The first-order valence-electron chi connectivity index (χ1n) is 3.96. The average Bonchev–Trinajstić information content (AvgIpc) is 2.39. The van der Waals surface area contributed by atoms with Gasteiger partial charge in [0.05, 0.1) is 5.75 Å². The van der Waals surface area contributed by atoms with Crippen molar-refractivity contribution in [1.82, 2.24) is 5.32 Å². The predicted molar refractivity (Wildman–Crippen MR) is 43.1 cm³/mol. The van der Waals surface area contributed by atoms with Crippen LogP contribution in [0.2, 0.25) is 0 Å². The molecule has 3 atom stereocenters. The fourth-order valence-corrected chi connectivity index (χ4v) is 3.34. The Labute approximate surface area is 67.1 Å². The molecular formula is C7H13NO2S. The number of nitrogens with one attached hydrogen (secondary N) is 1. The van der Waals surface area contributed by atoms with E-state index < -0.39 is 9.84 Å². The molecule has 3 nitrogen and oxygen atoms in total. The van der Waals surface area contributed by atoms with Crippen molar-refractivity contribution in [2.45, 2.75) is 0 Å². The van der Waals surface area contributed by atoms with Gasteiger partial charge >= 0.3 is 0 Å². The highest BCUT2D eigenvalue weighted by molar-refractivity contribution is 7.90. The summed E-state index contributed by atoms with van der Waals surface area (Å²) in [7, 11) is -2.73. The predicted octanol–water partition coefficient (Wildman–Crippen LogP) is -0.504. The van der Waals surface area contributed by atoms with E-state index in [4.69, 9.17) is 0 Å². The van der Waals surface area contributed by atoms with Gasteiger partial charge in [-0.2, -0.15) is 0 Å². The molecule has 64 valence electrons. The molecule has 1 saturated carbocycles. The van der Waals surface area contributed by atoms with E-state index in [1.54, 1.807) is 0 Å². The molecule has 0 aromatic carbocycles. The normalized spacial score (nSPS) is 42.1. The maximum atomic E-state index is 10.9. The molecule has 0 aromatic rings. The number of sulfone groups is 1. The van der Waals surface area contributed by atoms with E-state index in [1.165, 1.54) is 6.26 Å². The summed E-state index contributed by atoms with van der Waals surface area (Å²) in [6.07, 6.45) is 1.33. The number of piperidine rings is 1. The molecule has 4 heteroatoms. The SMILES string of the molecule is CS(=O)(=O)C[C@@H]1[C@@H]2CNC[C@@H]21. The monoisotopic (exact) mass is 175 g/mol. The van der Waals surface area contributed by atoms with Crippen LogP contribution in [0.15, 0.2) is 0 Å². The van der Waals surface area contributed by atoms with Gasteiger partial charge in [-0.15, -0.1) is 0 Å². The van der Waals surface area contributed by atoms with E-state index >= 15 is 0 Å². The lowest BCUT2D eigenvalue weighted by atomic mass is 10.3. The Kier molecular flexibility index (Phi) is 1.51. The minimum absolute atomic E-state index is 0.407. The van der Waals surface area contributed by atoms with Crippen LogP contribution in [0, 0.1) is 17.8 Å². The van der Waals surface area contributed by atoms with Crippen LogP contribution >= 0.6 is 0 Å². The minimum atomic E-state index is -2.73. The molecule has 1 N–H and O–H groups in total. The van der Waals surface area contributed by atoms with Crippen molar-refractivity contribution in [2.75, 3.05) is 25.1 Å². The van der Waals surface area contributed by atoms with Gasteiger partial charge in [-0.05, 0) is 30.8 Å². The molecule has 1 heterocycles. The standard InChI is InChI=1S/C7H13NO2S/c1-11(9,10)4-7-5-2-8-3-6(5)7/h5-8H,2-4H2,1H3/t5-,6+,7-. The lowest BCUT2D eigenvalue weighted by molar-refractivity contribution is 0.581. The Balaban J connectivity index is 1.93. The van der Waals surface area contributed by atoms with Crippen molar-refractivity contribution in [3.8, 4) is 0 Å². The van der Waals surface area contributed by atoms with Crippen LogP contribution in [0.3, 0.4) is 0 Å². The fourth-order valence-electron chi connectivity index (χ4n) is 2.14. The van der Waals surface area contributed by atoms with Crippen LogP contribution in [0.5, 0.6) is 0 Å². The Bertz CT molecular complexity index is 250. The quantitative estimate of drug-likeness (QED) is 0.615. The number of hydrogen-bond acceptors (Lipinski definition) is 3. The maximum Gasteiger partial charge on any atom is 0.147 e. The molecule has 1 aliphatic carbocycles. The number of rotatable bonds is 2. The molecule has 11 heavy (non-hydrogen) atoms. The Morgan fingerprint density at radius 3 is 2.36 bits per heavy atom. The summed E-state index contributed by atoms with van der Waals surface area (Å²) in [4.78, 5) is 0. The summed E-state index contributed by atoms with van der Waals surface area (Å²) in [5.74, 6) is 2.23. The first kappa shape index (κ1) is 7.55. The molecule has 0 unspecified atom stereocenters. The Morgan fingerprint density at radius 1 is 1.36 bits per heavy atom. The second-order valence-electron chi connectivity index (χ2n) is 3.74. The molecule has 0 spiro atoms.